The van der Waals surface area contributed by atoms with Gasteiger partial charge in [0.2, 0.25) is 5.91 Å². The zero-order valence-corrected chi connectivity index (χ0v) is 10.7. The number of amides is 1. The lowest BCUT2D eigenvalue weighted by Crippen LogP contribution is -2.41. The van der Waals surface area contributed by atoms with Gasteiger partial charge in [-0.05, 0) is 24.3 Å². The van der Waals surface area contributed by atoms with E-state index in [2.05, 4.69) is 18.3 Å². The Kier molecular flexibility index (Phi) is 5.49. The van der Waals surface area contributed by atoms with Crippen LogP contribution in [0.3, 0.4) is 0 Å². The topological polar surface area (TPSA) is 55.1 Å². The number of nitrogens with one attached hydrogen (secondary N) is 1. The molecule has 0 saturated carbocycles. The number of hydrogen-bond acceptors (Lipinski definition) is 3. The average molecular weight is 240 g/mol. The van der Waals surface area contributed by atoms with Gasteiger partial charge in [0.25, 0.3) is 0 Å². The number of hydrogen-bond donors (Lipinski definition) is 2. The molecule has 16 heavy (non-hydrogen) atoms. The molecular weight excluding hydrogens is 220 g/mol. The molecule has 1 aromatic rings. The Hall–Kier alpha value is -0.870. The lowest BCUT2D eigenvalue weighted by Gasteiger charge is -2.19. The van der Waals surface area contributed by atoms with Gasteiger partial charge >= 0.3 is 0 Å². The van der Waals surface area contributed by atoms with Crippen molar-refractivity contribution in [1.29, 1.82) is 0 Å². The Morgan fingerprint density at radius 3 is 2.81 bits per heavy atom. The van der Waals surface area contributed by atoms with Crippen LogP contribution in [0.1, 0.15) is 44.0 Å². The predicted octanol–water partition coefficient (Wildman–Crippen LogP) is 2.44. The van der Waals surface area contributed by atoms with Gasteiger partial charge in [-0.15, -0.1) is 11.3 Å². The lowest BCUT2D eigenvalue weighted by molar-refractivity contribution is -0.123. The summed E-state index contributed by atoms with van der Waals surface area (Å²) in [4.78, 5) is 12.9. The summed E-state index contributed by atoms with van der Waals surface area (Å²) in [5.41, 5.74) is 5.71. The lowest BCUT2D eigenvalue weighted by atomic mass is 10.1. The Balaban J connectivity index is 2.62. The zero-order valence-electron chi connectivity index (χ0n) is 9.90. The summed E-state index contributed by atoms with van der Waals surface area (Å²) >= 11 is 1.68. The van der Waals surface area contributed by atoms with Crippen LogP contribution in [-0.4, -0.2) is 11.9 Å². The van der Waals surface area contributed by atoms with Crippen molar-refractivity contribution in [3.8, 4) is 0 Å². The monoisotopic (exact) mass is 240 g/mol. The summed E-state index contributed by atoms with van der Waals surface area (Å²) in [7, 11) is 0. The highest BCUT2D eigenvalue weighted by atomic mass is 32.1. The van der Waals surface area contributed by atoms with Crippen molar-refractivity contribution in [1.82, 2.24) is 5.32 Å². The van der Waals surface area contributed by atoms with Gasteiger partial charge in [0.05, 0.1) is 12.1 Å². The number of nitrogens with two attached hydrogens (primary N) is 1. The van der Waals surface area contributed by atoms with E-state index in [-0.39, 0.29) is 18.0 Å². The molecule has 0 bridgehead atoms. The minimum absolute atomic E-state index is 0.0469. The number of rotatable bonds is 6. The molecule has 1 unspecified atom stereocenters. The second-order valence-corrected chi connectivity index (χ2v) is 4.86. The molecule has 0 saturated heterocycles. The molecule has 3 N–H and O–H groups in total. The average Bonchev–Trinajstić information content (AvgIpc) is 2.80. The molecular formula is C12H20N2OS. The molecule has 0 aliphatic heterocycles. The van der Waals surface area contributed by atoms with E-state index in [1.54, 1.807) is 11.3 Å². The molecule has 0 aliphatic carbocycles. The summed E-state index contributed by atoms with van der Waals surface area (Å²) in [6, 6.07) is 3.80. The predicted molar refractivity (Wildman–Crippen MR) is 68.4 cm³/mol. The molecule has 0 radical (unpaired) electrons. The molecule has 90 valence electrons. The molecule has 4 heteroatoms. The number of carbonyl (C=O) groups is 1. The van der Waals surface area contributed by atoms with Gasteiger partial charge in [-0.2, -0.15) is 0 Å². The van der Waals surface area contributed by atoms with Crippen LogP contribution in [0, 0.1) is 0 Å². The highest BCUT2D eigenvalue weighted by Gasteiger charge is 2.18. The first-order valence-corrected chi connectivity index (χ1v) is 6.66. The maximum absolute atomic E-state index is 11.7. The summed E-state index contributed by atoms with van der Waals surface area (Å²) in [5.74, 6) is -0.0469. The van der Waals surface area contributed by atoms with E-state index in [4.69, 9.17) is 5.73 Å². The highest BCUT2D eigenvalue weighted by Crippen LogP contribution is 2.23. The summed E-state index contributed by atoms with van der Waals surface area (Å²) in [6.07, 6.45) is 2.68. The van der Waals surface area contributed by atoms with Crippen LogP contribution in [0.2, 0.25) is 0 Å². The van der Waals surface area contributed by atoms with Gasteiger partial charge in [-0.1, -0.05) is 26.3 Å². The third kappa shape index (κ3) is 3.61. The SMILES string of the molecule is CCCC(NC(=O)[C@H](N)CC)c1cccs1. The maximum Gasteiger partial charge on any atom is 0.237 e. The van der Waals surface area contributed by atoms with E-state index in [1.807, 2.05) is 18.4 Å². The van der Waals surface area contributed by atoms with Crippen molar-refractivity contribution in [2.75, 3.05) is 0 Å². The smallest absolute Gasteiger partial charge is 0.237 e. The van der Waals surface area contributed by atoms with Crippen molar-refractivity contribution >= 4 is 17.2 Å². The van der Waals surface area contributed by atoms with Crippen LogP contribution in [-0.2, 0) is 4.79 Å². The van der Waals surface area contributed by atoms with E-state index in [0.717, 1.165) is 12.8 Å². The summed E-state index contributed by atoms with van der Waals surface area (Å²) in [6.45, 7) is 4.04. The van der Waals surface area contributed by atoms with Crippen LogP contribution in [0.5, 0.6) is 0 Å². The van der Waals surface area contributed by atoms with Crippen molar-refractivity contribution in [2.45, 2.75) is 45.2 Å². The number of carbonyl (C=O) groups excluding carboxylic acids is 1. The van der Waals surface area contributed by atoms with Gasteiger partial charge in [0, 0.05) is 4.88 Å². The van der Waals surface area contributed by atoms with Crippen LogP contribution < -0.4 is 11.1 Å². The molecule has 0 aromatic carbocycles. The van der Waals surface area contributed by atoms with Crippen LogP contribution in [0.25, 0.3) is 0 Å². The fraction of sp³-hybridized carbons (Fsp3) is 0.583. The third-order valence-corrected chi connectivity index (χ3v) is 3.54. The van der Waals surface area contributed by atoms with Crippen LogP contribution >= 0.6 is 11.3 Å². The van der Waals surface area contributed by atoms with Crippen molar-refractivity contribution in [2.24, 2.45) is 5.73 Å². The van der Waals surface area contributed by atoms with Gasteiger partial charge < -0.3 is 11.1 Å². The molecule has 1 aromatic heterocycles. The van der Waals surface area contributed by atoms with Crippen molar-refractivity contribution in [3.05, 3.63) is 22.4 Å². The molecule has 0 spiro atoms. The standard InChI is InChI=1S/C12H20N2OS/c1-3-6-10(11-7-5-8-16-11)14-12(15)9(13)4-2/h5,7-10H,3-4,6,13H2,1-2H3,(H,14,15)/t9-,10?/m1/s1. The fourth-order valence-electron chi connectivity index (χ4n) is 1.53. The highest BCUT2D eigenvalue weighted by molar-refractivity contribution is 7.10. The molecule has 0 fully saturated rings. The van der Waals surface area contributed by atoms with E-state index < -0.39 is 0 Å². The Labute approximate surface area is 101 Å². The molecule has 0 aliphatic rings. The third-order valence-electron chi connectivity index (χ3n) is 2.56. The van der Waals surface area contributed by atoms with Crippen molar-refractivity contribution in [3.63, 3.8) is 0 Å². The molecule has 1 rings (SSSR count). The zero-order chi connectivity index (χ0) is 12.0. The summed E-state index contributed by atoms with van der Waals surface area (Å²) < 4.78 is 0. The largest absolute Gasteiger partial charge is 0.347 e. The van der Waals surface area contributed by atoms with Crippen molar-refractivity contribution < 1.29 is 4.79 Å². The fourth-order valence-corrected chi connectivity index (χ4v) is 2.34. The minimum Gasteiger partial charge on any atom is -0.347 e. The van der Waals surface area contributed by atoms with E-state index in [0.29, 0.717) is 6.42 Å². The Bertz CT molecular complexity index is 311. The van der Waals surface area contributed by atoms with Crippen LogP contribution in [0.15, 0.2) is 17.5 Å². The number of thiophene rings is 1. The maximum atomic E-state index is 11.7. The summed E-state index contributed by atoms with van der Waals surface area (Å²) in [5, 5.41) is 5.05. The first-order valence-electron chi connectivity index (χ1n) is 5.78. The molecule has 1 amide bonds. The Morgan fingerprint density at radius 1 is 1.56 bits per heavy atom. The second-order valence-electron chi connectivity index (χ2n) is 3.88. The van der Waals surface area contributed by atoms with E-state index in [1.165, 1.54) is 4.88 Å². The normalized spacial score (nSPS) is 14.4. The first-order chi connectivity index (χ1) is 7.69. The Morgan fingerprint density at radius 2 is 2.31 bits per heavy atom. The van der Waals surface area contributed by atoms with Gasteiger partial charge in [0.1, 0.15) is 0 Å². The second kappa shape index (κ2) is 6.66. The molecule has 1 heterocycles. The molecule has 3 nitrogen and oxygen atoms in total. The van der Waals surface area contributed by atoms with Gasteiger partial charge in [0.15, 0.2) is 0 Å². The van der Waals surface area contributed by atoms with Crippen LogP contribution in [0.4, 0.5) is 0 Å². The minimum atomic E-state index is -0.390. The van der Waals surface area contributed by atoms with E-state index in [9.17, 15) is 4.79 Å². The van der Waals surface area contributed by atoms with E-state index >= 15 is 0 Å². The molecule has 2 atom stereocenters. The van der Waals surface area contributed by atoms with Gasteiger partial charge in [-0.3, -0.25) is 4.79 Å². The quantitative estimate of drug-likeness (QED) is 0.802. The first kappa shape index (κ1) is 13.2. The van der Waals surface area contributed by atoms with Gasteiger partial charge in [-0.25, -0.2) is 0 Å².